The molecule has 0 fully saturated rings. The summed E-state index contributed by atoms with van der Waals surface area (Å²) in [5, 5.41) is 12.4. The highest BCUT2D eigenvalue weighted by Crippen LogP contribution is 2.34. The highest BCUT2D eigenvalue weighted by atomic mass is 19.1. The van der Waals surface area contributed by atoms with E-state index in [0.29, 0.717) is 17.0 Å². The van der Waals surface area contributed by atoms with Crippen molar-refractivity contribution in [1.29, 1.82) is 0 Å². The van der Waals surface area contributed by atoms with Crippen molar-refractivity contribution in [3.8, 4) is 34.3 Å². The Morgan fingerprint density at radius 1 is 1.31 bits per heavy atom. The van der Waals surface area contributed by atoms with Crippen LogP contribution in [0.2, 0.25) is 0 Å². The number of aliphatic carboxylic acids is 1. The molecular weight excluding hydrogens is 381 g/mol. The first-order chi connectivity index (χ1) is 13.9. The summed E-state index contributed by atoms with van der Waals surface area (Å²) < 4.78 is 30.1. The van der Waals surface area contributed by atoms with Crippen LogP contribution >= 0.6 is 0 Å². The van der Waals surface area contributed by atoms with Crippen LogP contribution in [-0.2, 0) is 4.79 Å². The molecule has 0 unspecified atom stereocenters. The fraction of sp³-hybridized carbons (Fsp3) is 0.200. The van der Waals surface area contributed by atoms with E-state index in [-0.39, 0.29) is 29.1 Å². The van der Waals surface area contributed by atoms with Crippen LogP contribution in [-0.4, -0.2) is 33.9 Å². The maximum Gasteiger partial charge on any atom is 0.341 e. The van der Waals surface area contributed by atoms with Gasteiger partial charge in [-0.05, 0) is 44.2 Å². The Kier molecular flexibility index (Phi) is 5.74. The number of nitrogens with zero attached hydrogens (tertiary/aromatic N) is 3. The first-order valence-electron chi connectivity index (χ1n) is 8.54. The molecule has 1 heterocycles. The number of carboxylic acids is 1. The molecule has 2 aromatic carbocycles. The maximum absolute atomic E-state index is 14.4. The monoisotopic (exact) mass is 397 g/mol. The molecule has 0 aliphatic carbocycles. The van der Waals surface area contributed by atoms with Crippen LogP contribution in [0.3, 0.4) is 0 Å². The topological polar surface area (TPSA) is 99.0 Å². The summed E-state index contributed by atoms with van der Waals surface area (Å²) in [5.41, 5.74) is 0.850. The molecule has 0 saturated heterocycles. The van der Waals surface area contributed by atoms with Crippen LogP contribution in [0.1, 0.15) is 13.8 Å². The standard InChI is InChI=1S/C20H16FN3O5/c1-11(2)28-17-7-4-12(8-16(17)22-3)20-23-19(24-29-20)14-6-5-13(9-15(14)21)27-10-18(25)26/h4-9,11H,10H2,1-2H3,(H,25,26). The highest BCUT2D eigenvalue weighted by Gasteiger charge is 2.17. The van der Waals surface area contributed by atoms with Crippen LogP contribution in [0.15, 0.2) is 40.9 Å². The summed E-state index contributed by atoms with van der Waals surface area (Å²) in [6.07, 6.45) is -0.0817. The number of ether oxygens (including phenoxy) is 2. The third-order valence-corrected chi connectivity index (χ3v) is 3.66. The van der Waals surface area contributed by atoms with Gasteiger partial charge in [0.25, 0.3) is 5.89 Å². The minimum absolute atomic E-state index is 0.00848. The molecule has 3 rings (SSSR count). The smallest absolute Gasteiger partial charge is 0.341 e. The lowest BCUT2D eigenvalue weighted by molar-refractivity contribution is -0.139. The van der Waals surface area contributed by atoms with Gasteiger partial charge in [-0.25, -0.2) is 14.0 Å². The molecule has 8 nitrogen and oxygen atoms in total. The Balaban J connectivity index is 1.86. The van der Waals surface area contributed by atoms with Gasteiger partial charge in [-0.15, -0.1) is 0 Å². The van der Waals surface area contributed by atoms with Crippen LogP contribution < -0.4 is 9.47 Å². The Morgan fingerprint density at radius 2 is 2.10 bits per heavy atom. The number of carbonyl (C=O) groups is 1. The minimum atomic E-state index is -1.17. The quantitative estimate of drug-likeness (QED) is 0.592. The van der Waals surface area contributed by atoms with Gasteiger partial charge < -0.3 is 19.1 Å². The zero-order valence-electron chi connectivity index (χ0n) is 15.5. The second-order valence-electron chi connectivity index (χ2n) is 6.21. The second-order valence-corrected chi connectivity index (χ2v) is 6.21. The molecule has 0 bridgehead atoms. The maximum atomic E-state index is 14.4. The third kappa shape index (κ3) is 4.68. The van der Waals surface area contributed by atoms with E-state index in [4.69, 9.17) is 25.7 Å². The molecule has 0 saturated carbocycles. The van der Waals surface area contributed by atoms with Crippen molar-refractivity contribution in [1.82, 2.24) is 10.1 Å². The average molecular weight is 397 g/mol. The summed E-state index contributed by atoms with van der Waals surface area (Å²) in [5.74, 6) is -1.22. The van der Waals surface area contributed by atoms with Crippen molar-refractivity contribution in [3.05, 3.63) is 53.6 Å². The summed E-state index contributed by atoms with van der Waals surface area (Å²) in [7, 11) is 0. The van der Waals surface area contributed by atoms with E-state index in [9.17, 15) is 9.18 Å². The van der Waals surface area contributed by atoms with Gasteiger partial charge in [0.1, 0.15) is 17.3 Å². The summed E-state index contributed by atoms with van der Waals surface area (Å²) in [6, 6.07) is 8.69. The van der Waals surface area contributed by atoms with E-state index >= 15 is 0 Å². The predicted octanol–water partition coefficient (Wildman–Crippen LogP) is 4.34. The zero-order chi connectivity index (χ0) is 21.0. The van der Waals surface area contributed by atoms with Gasteiger partial charge in [-0.1, -0.05) is 5.16 Å². The molecular formula is C20H16FN3O5. The number of benzene rings is 2. The molecule has 0 atom stereocenters. The first-order valence-corrected chi connectivity index (χ1v) is 8.54. The third-order valence-electron chi connectivity index (χ3n) is 3.66. The Labute approximate surface area is 165 Å². The largest absolute Gasteiger partial charge is 0.502 e. The number of halogens is 1. The van der Waals surface area contributed by atoms with E-state index < -0.39 is 18.4 Å². The van der Waals surface area contributed by atoms with Crippen molar-refractivity contribution >= 4 is 11.7 Å². The minimum Gasteiger partial charge on any atom is -0.502 e. The summed E-state index contributed by atoms with van der Waals surface area (Å²) in [6.45, 7) is 10.5. The van der Waals surface area contributed by atoms with Crippen LogP contribution in [0.25, 0.3) is 27.7 Å². The molecule has 0 aliphatic rings. The summed E-state index contributed by atoms with van der Waals surface area (Å²) in [4.78, 5) is 18.2. The number of aromatic nitrogens is 2. The van der Waals surface area contributed by atoms with Gasteiger partial charge in [0, 0.05) is 11.6 Å². The van der Waals surface area contributed by atoms with Gasteiger partial charge in [-0.3, -0.25) is 0 Å². The molecule has 0 amide bonds. The van der Waals surface area contributed by atoms with E-state index in [2.05, 4.69) is 15.0 Å². The fourth-order valence-corrected chi connectivity index (χ4v) is 2.45. The number of hydrogen-bond donors (Lipinski definition) is 1. The fourth-order valence-electron chi connectivity index (χ4n) is 2.45. The van der Waals surface area contributed by atoms with E-state index in [1.807, 2.05) is 13.8 Å². The van der Waals surface area contributed by atoms with Gasteiger partial charge in [0.2, 0.25) is 11.5 Å². The Hall–Kier alpha value is -3.93. The Morgan fingerprint density at radius 3 is 2.76 bits per heavy atom. The van der Waals surface area contributed by atoms with Crippen molar-refractivity contribution in [2.24, 2.45) is 0 Å². The summed E-state index contributed by atoms with van der Waals surface area (Å²) >= 11 is 0. The zero-order valence-corrected chi connectivity index (χ0v) is 15.5. The lowest BCUT2D eigenvalue weighted by Crippen LogP contribution is -2.09. The van der Waals surface area contributed by atoms with E-state index in [1.54, 1.807) is 18.2 Å². The van der Waals surface area contributed by atoms with Gasteiger partial charge in [-0.2, -0.15) is 4.98 Å². The van der Waals surface area contributed by atoms with Crippen LogP contribution in [0.5, 0.6) is 11.5 Å². The predicted molar refractivity (Wildman–Crippen MR) is 100 cm³/mol. The molecule has 148 valence electrons. The van der Waals surface area contributed by atoms with Crippen LogP contribution in [0.4, 0.5) is 10.1 Å². The number of rotatable bonds is 7. The van der Waals surface area contributed by atoms with E-state index in [1.165, 1.54) is 12.1 Å². The lowest BCUT2D eigenvalue weighted by atomic mass is 10.1. The SMILES string of the molecule is [C-]#[N+]c1cc(-c2nc(-c3ccc(OCC(=O)O)cc3F)no2)ccc1OC(C)C. The molecule has 0 spiro atoms. The Bertz CT molecular complexity index is 1090. The lowest BCUT2D eigenvalue weighted by Gasteiger charge is -2.11. The first kappa shape index (κ1) is 19.8. The number of carboxylic acid groups (broad SMARTS) is 1. The average Bonchev–Trinajstić information content (AvgIpc) is 3.16. The van der Waals surface area contributed by atoms with Gasteiger partial charge >= 0.3 is 5.97 Å². The van der Waals surface area contributed by atoms with Crippen molar-refractivity contribution in [3.63, 3.8) is 0 Å². The molecule has 29 heavy (non-hydrogen) atoms. The van der Waals surface area contributed by atoms with Gasteiger partial charge in [0.05, 0.1) is 18.2 Å². The van der Waals surface area contributed by atoms with Gasteiger partial charge in [0.15, 0.2) is 6.61 Å². The van der Waals surface area contributed by atoms with E-state index in [0.717, 1.165) is 6.07 Å². The molecule has 1 N–H and O–H groups in total. The number of hydrogen-bond acceptors (Lipinski definition) is 6. The normalized spacial score (nSPS) is 10.6. The molecule has 1 aromatic heterocycles. The van der Waals surface area contributed by atoms with Crippen LogP contribution in [0, 0.1) is 12.4 Å². The molecule has 9 heteroatoms. The van der Waals surface area contributed by atoms with Crippen molar-refractivity contribution in [2.75, 3.05) is 6.61 Å². The van der Waals surface area contributed by atoms with Crippen molar-refractivity contribution < 1.29 is 28.3 Å². The molecule has 3 aromatic rings. The highest BCUT2D eigenvalue weighted by molar-refractivity contribution is 5.70. The second kappa shape index (κ2) is 8.39. The van der Waals surface area contributed by atoms with Crippen molar-refractivity contribution in [2.45, 2.75) is 20.0 Å². The molecule has 0 radical (unpaired) electrons. The molecule has 0 aliphatic heterocycles.